The van der Waals surface area contributed by atoms with Crippen LogP contribution < -0.4 is 10.6 Å². The molecule has 8 nitrogen and oxygen atoms in total. The number of benzene rings is 1. The predicted molar refractivity (Wildman–Crippen MR) is 111 cm³/mol. The number of rotatable bonds is 6. The van der Waals surface area contributed by atoms with Crippen LogP contribution in [0.2, 0.25) is 0 Å². The maximum atomic E-state index is 13.5. The van der Waals surface area contributed by atoms with Crippen molar-refractivity contribution in [3.8, 4) is 11.5 Å². The van der Waals surface area contributed by atoms with Crippen molar-refractivity contribution in [3.63, 3.8) is 0 Å². The zero-order valence-electron chi connectivity index (χ0n) is 16.0. The molecule has 0 bridgehead atoms. The number of hydrogen-bond acceptors (Lipinski definition) is 8. The minimum Gasteiger partial charge on any atom is -0.392 e. The Balaban J connectivity index is 1.53. The molecule has 0 aliphatic carbocycles. The Morgan fingerprint density at radius 2 is 1.70 bits per heavy atom. The van der Waals surface area contributed by atoms with Crippen LogP contribution in [0.5, 0.6) is 0 Å². The van der Waals surface area contributed by atoms with Gasteiger partial charge >= 0.3 is 0 Å². The van der Waals surface area contributed by atoms with Gasteiger partial charge in [-0.15, -0.1) is 0 Å². The summed E-state index contributed by atoms with van der Waals surface area (Å²) in [7, 11) is 0. The van der Waals surface area contributed by atoms with Crippen molar-refractivity contribution in [2.24, 2.45) is 0 Å². The molecule has 3 aromatic heterocycles. The number of pyridine rings is 1. The molecule has 0 aliphatic heterocycles. The molecule has 4 rings (SSSR count). The average molecular weight is 403 g/mol. The summed E-state index contributed by atoms with van der Waals surface area (Å²) in [6.07, 6.45) is 3.22. The molecule has 9 heteroatoms. The second kappa shape index (κ2) is 8.58. The van der Waals surface area contributed by atoms with Crippen molar-refractivity contribution in [2.75, 3.05) is 10.6 Å². The SMILES string of the molecule is Cc1cccc(-c2nccc(Nc3ccnc(Nc4ccc(F)c(CO)c4)n3)n2)n1. The molecule has 0 unspecified atom stereocenters. The van der Waals surface area contributed by atoms with Crippen molar-refractivity contribution in [1.29, 1.82) is 0 Å². The smallest absolute Gasteiger partial charge is 0.229 e. The number of hydrogen-bond donors (Lipinski definition) is 3. The Bertz CT molecular complexity index is 1190. The summed E-state index contributed by atoms with van der Waals surface area (Å²) >= 11 is 0. The van der Waals surface area contributed by atoms with Crippen LogP contribution in [0.3, 0.4) is 0 Å². The maximum absolute atomic E-state index is 13.5. The molecular weight excluding hydrogens is 385 g/mol. The van der Waals surface area contributed by atoms with Crippen LogP contribution in [0.4, 0.5) is 27.7 Å². The number of nitrogens with zero attached hydrogens (tertiary/aromatic N) is 5. The number of nitrogens with one attached hydrogen (secondary N) is 2. The van der Waals surface area contributed by atoms with Crippen molar-refractivity contribution in [1.82, 2.24) is 24.9 Å². The van der Waals surface area contributed by atoms with Crippen molar-refractivity contribution >= 4 is 23.3 Å². The molecule has 150 valence electrons. The third kappa shape index (κ3) is 4.53. The Labute approximate surface area is 171 Å². The van der Waals surface area contributed by atoms with E-state index < -0.39 is 12.4 Å². The minimum absolute atomic E-state index is 0.188. The normalized spacial score (nSPS) is 10.6. The Morgan fingerprint density at radius 1 is 0.900 bits per heavy atom. The molecule has 1 aromatic carbocycles. The van der Waals surface area contributed by atoms with Gasteiger partial charge in [0.2, 0.25) is 5.95 Å². The quantitative estimate of drug-likeness (QED) is 0.447. The van der Waals surface area contributed by atoms with Crippen molar-refractivity contribution < 1.29 is 9.50 Å². The lowest BCUT2D eigenvalue weighted by Gasteiger charge is -2.09. The molecule has 0 radical (unpaired) electrons. The first-order valence-corrected chi connectivity index (χ1v) is 9.14. The highest BCUT2D eigenvalue weighted by Gasteiger charge is 2.07. The van der Waals surface area contributed by atoms with E-state index in [4.69, 9.17) is 0 Å². The van der Waals surface area contributed by atoms with E-state index in [1.54, 1.807) is 30.6 Å². The van der Waals surface area contributed by atoms with Crippen molar-refractivity contribution in [2.45, 2.75) is 13.5 Å². The first-order valence-electron chi connectivity index (χ1n) is 9.14. The summed E-state index contributed by atoms with van der Waals surface area (Å²) < 4.78 is 13.5. The van der Waals surface area contributed by atoms with Crippen LogP contribution in [0, 0.1) is 12.7 Å². The number of anilines is 4. The molecule has 0 fully saturated rings. The number of aryl methyl sites for hydroxylation is 1. The monoisotopic (exact) mass is 403 g/mol. The number of aliphatic hydroxyl groups excluding tert-OH is 1. The number of aliphatic hydroxyl groups is 1. The van der Waals surface area contributed by atoms with Crippen molar-refractivity contribution in [3.05, 3.63) is 78.0 Å². The van der Waals surface area contributed by atoms with E-state index in [1.807, 2.05) is 25.1 Å². The van der Waals surface area contributed by atoms with E-state index in [-0.39, 0.29) is 5.56 Å². The van der Waals surface area contributed by atoms with Gasteiger partial charge in [-0.05, 0) is 49.4 Å². The molecule has 3 N–H and O–H groups in total. The molecule has 4 aromatic rings. The second-order valence-corrected chi connectivity index (χ2v) is 6.41. The Kier molecular flexibility index (Phi) is 5.53. The first kappa shape index (κ1) is 19.3. The van der Waals surface area contributed by atoms with E-state index in [1.165, 1.54) is 12.1 Å². The van der Waals surface area contributed by atoms with Gasteiger partial charge < -0.3 is 15.7 Å². The van der Waals surface area contributed by atoms with Gasteiger partial charge in [0, 0.05) is 29.3 Å². The van der Waals surface area contributed by atoms with Gasteiger partial charge in [0.1, 0.15) is 23.1 Å². The minimum atomic E-state index is -0.470. The molecule has 0 saturated carbocycles. The summed E-state index contributed by atoms with van der Waals surface area (Å²) in [6, 6.07) is 13.4. The third-order valence-corrected chi connectivity index (χ3v) is 4.16. The van der Waals surface area contributed by atoms with Gasteiger partial charge in [0.05, 0.1) is 6.61 Å². The van der Waals surface area contributed by atoms with Gasteiger partial charge in [-0.25, -0.2) is 24.3 Å². The van der Waals surface area contributed by atoms with Crippen LogP contribution in [-0.4, -0.2) is 30.0 Å². The predicted octanol–water partition coefficient (Wildman–Crippen LogP) is 3.76. The van der Waals surface area contributed by atoms with Gasteiger partial charge in [-0.1, -0.05) is 6.07 Å². The fourth-order valence-corrected chi connectivity index (χ4v) is 2.74. The Morgan fingerprint density at radius 3 is 2.50 bits per heavy atom. The highest BCUT2D eigenvalue weighted by Crippen LogP contribution is 2.20. The van der Waals surface area contributed by atoms with Gasteiger partial charge in [-0.2, -0.15) is 4.98 Å². The lowest BCUT2D eigenvalue weighted by atomic mass is 10.2. The molecule has 30 heavy (non-hydrogen) atoms. The summed E-state index contributed by atoms with van der Waals surface area (Å²) in [5, 5.41) is 15.3. The molecular formula is C21H18FN7O. The fraction of sp³-hybridized carbons (Fsp3) is 0.0952. The largest absolute Gasteiger partial charge is 0.392 e. The summed E-state index contributed by atoms with van der Waals surface area (Å²) in [5.41, 5.74) is 2.31. The van der Waals surface area contributed by atoms with E-state index in [9.17, 15) is 9.50 Å². The molecule has 0 atom stereocenters. The molecule has 3 heterocycles. The van der Waals surface area contributed by atoms with Crippen LogP contribution in [-0.2, 0) is 6.61 Å². The average Bonchev–Trinajstić information content (AvgIpc) is 2.75. The summed E-state index contributed by atoms with van der Waals surface area (Å²) in [4.78, 5) is 21.8. The lowest BCUT2D eigenvalue weighted by Crippen LogP contribution is -2.03. The Hall–Kier alpha value is -3.98. The fourth-order valence-electron chi connectivity index (χ4n) is 2.74. The summed E-state index contributed by atoms with van der Waals surface area (Å²) in [6.45, 7) is 1.52. The second-order valence-electron chi connectivity index (χ2n) is 6.41. The molecule has 0 saturated heterocycles. The van der Waals surface area contributed by atoms with E-state index >= 15 is 0 Å². The highest BCUT2D eigenvalue weighted by atomic mass is 19.1. The molecule has 0 amide bonds. The van der Waals surface area contributed by atoms with Crippen LogP contribution >= 0.6 is 0 Å². The van der Waals surface area contributed by atoms with E-state index in [2.05, 4.69) is 35.6 Å². The van der Waals surface area contributed by atoms with Crippen LogP contribution in [0.25, 0.3) is 11.5 Å². The number of aromatic nitrogens is 5. The highest BCUT2D eigenvalue weighted by molar-refractivity contribution is 5.59. The van der Waals surface area contributed by atoms with Crippen LogP contribution in [0.15, 0.2) is 60.9 Å². The zero-order valence-corrected chi connectivity index (χ0v) is 16.0. The maximum Gasteiger partial charge on any atom is 0.229 e. The topological polar surface area (TPSA) is 109 Å². The standard InChI is InChI=1S/C21H18FN7O/c1-13-3-2-4-17(25-13)20-23-9-7-18(28-20)27-19-8-10-24-21(29-19)26-15-5-6-16(22)14(11-15)12-30/h2-11,30H,12H2,1H3,(H2,23,24,26,27,28,29). The van der Waals surface area contributed by atoms with Gasteiger partial charge in [-0.3, -0.25) is 0 Å². The van der Waals surface area contributed by atoms with E-state index in [0.29, 0.717) is 34.8 Å². The zero-order chi connectivity index (χ0) is 20.9. The van der Waals surface area contributed by atoms with E-state index in [0.717, 1.165) is 5.69 Å². The third-order valence-electron chi connectivity index (χ3n) is 4.16. The van der Waals surface area contributed by atoms with Gasteiger partial charge in [0.25, 0.3) is 0 Å². The van der Waals surface area contributed by atoms with Crippen LogP contribution in [0.1, 0.15) is 11.3 Å². The first-order chi connectivity index (χ1) is 14.6. The lowest BCUT2D eigenvalue weighted by molar-refractivity contribution is 0.276. The number of halogens is 1. The van der Waals surface area contributed by atoms with Gasteiger partial charge in [0.15, 0.2) is 5.82 Å². The summed E-state index contributed by atoms with van der Waals surface area (Å²) in [5.74, 6) is 1.40. The molecule has 0 aliphatic rings. The molecule has 0 spiro atoms.